The Bertz CT molecular complexity index is 887. The Balaban J connectivity index is 2.19. The zero-order chi connectivity index (χ0) is 20.4. The second-order valence-corrected chi connectivity index (χ2v) is 7.36. The third kappa shape index (κ3) is 3.61. The highest BCUT2D eigenvalue weighted by Gasteiger charge is 2.39. The quantitative estimate of drug-likeness (QED) is 0.721. The Morgan fingerprint density at radius 3 is 2.79 bits per heavy atom. The molecule has 1 aromatic rings. The number of allylic oxidation sites excluding steroid dienone is 3. The minimum absolute atomic E-state index is 0.00444. The lowest BCUT2D eigenvalue weighted by molar-refractivity contribution is -0.139. The first-order valence-electron chi connectivity index (χ1n) is 9.36. The van der Waals surface area contributed by atoms with Crippen molar-refractivity contribution in [2.75, 3.05) is 13.7 Å². The maximum Gasteiger partial charge on any atom is 0.336 e. The number of ether oxygens (including phenoxy) is 2. The maximum absolute atomic E-state index is 12.9. The Morgan fingerprint density at radius 1 is 1.36 bits per heavy atom. The summed E-state index contributed by atoms with van der Waals surface area (Å²) >= 11 is 6.20. The number of hydrogen-bond donors (Lipinski definition) is 2. The summed E-state index contributed by atoms with van der Waals surface area (Å²) in [7, 11) is 1.42. The molecule has 0 aromatic heterocycles. The van der Waals surface area contributed by atoms with Gasteiger partial charge in [0.1, 0.15) is 0 Å². The minimum Gasteiger partial charge on any atom is -0.503 e. The average Bonchev–Trinajstić information content (AvgIpc) is 2.67. The van der Waals surface area contributed by atoms with Gasteiger partial charge < -0.3 is 19.9 Å². The molecule has 0 saturated heterocycles. The van der Waals surface area contributed by atoms with Gasteiger partial charge in [0.25, 0.3) is 0 Å². The van der Waals surface area contributed by atoms with Gasteiger partial charge in [-0.05, 0) is 43.9 Å². The Kier molecular flexibility index (Phi) is 5.98. The molecule has 0 saturated carbocycles. The molecule has 3 rings (SSSR count). The number of rotatable bonds is 5. The molecule has 1 aliphatic carbocycles. The van der Waals surface area contributed by atoms with E-state index in [0.29, 0.717) is 41.9 Å². The summed E-state index contributed by atoms with van der Waals surface area (Å²) in [6.45, 7) is 4.01. The fourth-order valence-electron chi connectivity index (χ4n) is 3.78. The van der Waals surface area contributed by atoms with Crippen LogP contribution < -0.4 is 10.1 Å². The van der Waals surface area contributed by atoms with Crippen LogP contribution in [0.5, 0.6) is 11.5 Å². The Morgan fingerprint density at radius 2 is 2.11 bits per heavy atom. The van der Waals surface area contributed by atoms with E-state index in [1.165, 1.54) is 7.11 Å². The Hall–Kier alpha value is -2.47. The number of ketones is 1. The van der Waals surface area contributed by atoms with Crippen LogP contribution in [-0.4, -0.2) is 30.6 Å². The molecule has 7 heteroatoms. The van der Waals surface area contributed by atoms with Crippen molar-refractivity contribution in [2.45, 2.75) is 45.4 Å². The highest BCUT2D eigenvalue weighted by Crippen LogP contribution is 2.46. The molecule has 150 valence electrons. The highest BCUT2D eigenvalue weighted by atomic mass is 35.5. The molecule has 1 aromatic carbocycles. The molecule has 28 heavy (non-hydrogen) atoms. The molecule has 2 aliphatic rings. The summed E-state index contributed by atoms with van der Waals surface area (Å²) in [6.07, 6.45) is 2.62. The van der Waals surface area contributed by atoms with Gasteiger partial charge in [-0.3, -0.25) is 4.79 Å². The topological polar surface area (TPSA) is 84.9 Å². The van der Waals surface area contributed by atoms with E-state index >= 15 is 0 Å². The molecule has 0 fully saturated rings. The smallest absolute Gasteiger partial charge is 0.336 e. The lowest BCUT2D eigenvalue weighted by Gasteiger charge is -2.34. The van der Waals surface area contributed by atoms with Crippen molar-refractivity contribution in [1.29, 1.82) is 0 Å². The largest absolute Gasteiger partial charge is 0.503 e. The van der Waals surface area contributed by atoms with Crippen LogP contribution >= 0.6 is 11.6 Å². The molecule has 0 amide bonds. The van der Waals surface area contributed by atoms with Gasteiger partial charge in [-0.2, -0.15) is 0 Å². The predicted octanol–water partition coefficient (Wildman–Crippen LogP) is 3.98. The fourth-order valence-corrected chi connectivity index (χ4v) is 3.99. The van der Waals surface area contributed by atoms with E-state index in [-0.39, 0.29) is 22.3 Å². The van der Waals surface area contributed by atoms with E-state index in [9.17, 15) is 14.7 Å². The predicted molar refractivity (Wildman–Crippen MR) is 105 cm³/mol. The summed E-state index contributed by atoms with van der Waals surface area (Å²) in [5.41, 5.74) is 3.03. The number of hydrogen-bond acceptors (Lipinski definition) is 6. The maximum atomic E-state index is 12.9. The van der Waals surface area contributed by atoms with Crippen molar-refractivity contribution in [1.82, 2.24) is 5.32 Å². The number of methoxy groups -OCH3 is 1. The molecular weight excluding hydrogens is 382 g/mol. The van der Waals surface area contributed by atoms with E-state index in [1.807, 2.05) is 6.92 Å². The summed E-state index contributed by atoms with van der Waals surface area (Å²) in [5, 5.41) is 13.4. The van der Waals surface area contributed by atoms with Crippen LogP contribution in [0.3, 0.4) is 0 Å². The molecule has 1 atom stereocenters. The van der Waals surface area contributed by atoms with Crippen LogP contribution in [0.4, 0.5) is 0 Å². The van der Waals surface area contributed by atoms with E-state index < -0.39 is 11.9 Å². The number of Topliss-reactive ketones (excluding diaryl/α,β-unsaturated/α-hetero) is 1. The molecule has 0 bridgehead atoms. The first-order valence-corrected chi connectivity index (χ1v) is 9.74. The van der Waals surface area contributed by atoms with Crippen molar-refractivity contribution in [2.24, 2.45) is 0 Å². The average molecular weight is 406 g/mol. The number of benzene rings is 1. The number of nitrogens with one attached hydrogen (secondary N) is 1. The van der Waals surface area contributed by atoms with Gasteiger partial charge >= 0.3 is 5.97 Å². The van der Waals surface area contributed by atoms with Crippen LogP contribution in [0.25, 0.3) is 0 Å². The first-order chi connectivity index (χ1) is 13.4. The molecule has 0 radical (unpaired) electrons. The van der Waals surface area contributed by atoms with E-state index in [2.05, 4.69) is 5.32 Å². The van der Waals surface area contributed by atoms with Crippen molar-refractivity contribution >= 4 is 23.4 Å². The van der Waals surface area contributed by atoms with Gasteiger partial charge in [0, 0.05) is 29.3 Å². The van der Waals surface area contributed by atoms with Crippen molar-refractivity contribution < 1.29 is 24.2 Å². The van der Waals surface area contributed by atoms with Gasteiger partial charge in [-0.15, -0.1) is 0 Å². The second kappa shape index (κ2) is 8.27. The SMILES string of the molecule is CCCOC(=O)C1=C(C)NC2=C(C(=O)CCC2)[C@@H]1c1cc(Cl)c(O)c(OC)c1. The number of halogens is 1. The van der Waals surface area contributed by atoms with Crippen molar-refractivity contribution in [3.63, 3.8) is 0 Å². The van der Waals surface area contributed by atoms with Crippen LogP contribution in [-0.2, 0) is 14.3 Å². The van der Waals surface area contributed by atoms with Crippen LogP contribution in [0.1, 0.15) is 51.0 Å². The van der Waals surface area contributed by atoms with Gasteiger partial charge in [0.15, 0.2) is 17.3 Å². The van der Waals surface area contributed by atoms with Crippen molar-refractivity contribution in [3.05, 3.63) is 45.3 Å². The molecule has 1 heterocycles. The fraction of sp³-hybridized carbons (Fsp3) is 0.429. The summed E-state index contributed by atoms with van der Waals surface area (Å²) in [6, 6.07) is 3.19. The van der Waals surface area contributed by atoms with Gasteiger partial charge in [-0.25, -0.2) is 4.79 Å². The third-order valence-electron chi connectivity index (χ3n) is 5.04. The number of phenols is 1. The van der Waals surface area contributed by atoms with Gasteiger partial charge in [-0.1, -0.05) is 18.5 Å². The number of dihydropyridines is 1. The number of aromatic hydroxyl groups is 1. The summed E-state index contributed by atoms with van der Waals surface area (Å²) in [4.78, 5) is 25.7. The van der Waals surface area contributed by atoms with E-state index in [4.69, 9.17) is 21.1 Å². The molecule has 0 spiro atoms. The van der Waals surface area contributed by atoms with E-state index in [1.54, 1.807) is 19.1 Å². The highest BCUT2D eigenvalue weighted by molar-refractivity contribution is 6.32. The normalized spacial score (nSPS) is 19.3. The number of carbonyl (C=O) groups is 2. The van der Waals surface area contributed by atoms with Gasteiger partial charge in [0.05, 0.1) is 24.3 Å². The molecule has 6 nitrogen and oxygen atoms in total. The number of esters is 1. The van der Waals surface area contributed by atoms with Crippen molar-refractivity contribution in [3.8, 4) is 11.5 Å². The molecule has 0 unspecified atom stereocenters. The zero-order valence-electron chi connectivity index (χ0n) is 16.2. The third-order valence-corrected chi connectivity index (χ3v) is 5.33. The van der Waals surface area contributed by atoms with Crippen LogP contribution in [0.15, 0.2) is 34.7 Å². The molecule has 2 N–H and O–H groups in total. The number of phenolic OH excluding ortho intramolecular Hbond substituents is 1. The summed E-state index contributed by atoms with van der Waals surface area (Å²) in [5.74, 6) is -1.09. The van der Waals surface area contributed by atoms with Crippen LogP contribution in [0, 0.1) is 0 Å². The minimum atomic E-state index is -0.625. The van der Waals surface area contributed by atoms with E-state index in [0.717, 1.165) is 18.5 Å². The van der Waals surface area contributed by atoms with Gasteiger partial charge in [0.2, 0.25) is 0 Å². The molecular formula is C21H24ClNO5. The zero-order valence-corrected chi connectivity index (χ0v) is 17.0. The Labute approximate surface area is 169 Å². The second-order valence-electron chi connectivity index (χ2n) is 6.96. The summed E-state index contributed by atoms with van der Waals surface area (Å²) < 4.78 is 10.6. The lowest BCUT2D eigenvalue weighted by Crippen LogP contribution is -2.34. The van der Waals surface area contributed by atoms with Crippen LogP contribution in [0.2, 0.25) is 5.02 Å². The standard InChI is InChI=1S/C21H24ClNO5/c1-4-8-28-21(26)17-11(2)23-14-6-5-7-15(24)19(14)18(17)12-9-13(22)20(25)16(10-12)27-3/h9-10,18,23,25H,4-8H2,1-3H3/t18-/m1/s1. The lowest BCUT2D eigenvalue weighted by atomic mass is 9.75. The monoisotopic (exact) mass is 405 g/mol. The molecule has 1 aliphatic heterocycles. The first kappa shape index (κ1) is 20.3. The number of carbonyl (C=O) groups excluding carboxylic acids is 2.